The van der Waals surface area contributed by atoms with Gasteiger partial charge in [-0.15, -0.1) is 0 Å². The lowest BCUT2D eigenvalue weighted by Crippen LogP contribution is -2.41. The summed E-state index contributed by atoms with van der Waals surface area (Å²) < 4.78 is 5.29. The molecule has 1 aliphatic rings. The third kappa shape index (κ3) is 1.47. The number of carbonyl (C=O) groups is 1. The van der Waals surface area contributed by atoms with E-state index in [1.54, 1.807) is 0 Å². The molecule has 2 nitrogen and oxygen atoms in total. The van der Waals surface area contributed by atoms with Crippen LogP contribution in [0, 0.1) is 17.8 Å². The highest BCUT2D eigenvalue weighted by atomic mass is 16.5. The standard InChI is InChI=1S/C10H18O2/c1-5-9-7(3)6(2)8(4)10(11)12-9/h6-9H,5H2,1-4H3/t6-,7+,8+,9+/m0/s1. The molecule has 1 heterocycles. The summed E-state index contributed by atoms with van der Waals surface area (Å²) in [5, 5.41) is 0. The molecule has 1 saturated heterocycles. The fourth-order valence-corrected chi connectivity index (χ4v) is 1.83. The minimum atomic E-state index is -0.0209. The molecule has 4 atom stereocenters. The van der Waals surface area contributed by atoms with E-state index in [2.05, 4.69) is 20.8 Å². The number of ether oxygens (including phenoxy) is 1. The van der Waals surface area contributed by atoms with E-state index in [0.29, 0.717) is 11.8 Å². The topological polar surface area (TPSA) is 26.3 Å². The molecule has 1 fully saturated rings. The van der Waals surface area contributed by atoms with Gasteiger partial charge in [0.1, 0.15) is 6.10 Å². The van der Waals surface area contributed by atoms with Gasteiger partial charge in [0.05, 0.1) is 5.92 Å². The van der Waals surface area contributed by atoms with Gasteiger partial charge >= 0.3 is 5.97 Å². The van der Waals surface area contributed by atoms with Gasteiger partial charge in [-0.05, 0) is 18.3 Å². The minimum absolute atomic E-state index is 0.0209. The van der Waals surface area contributed by atoms with E-state index in [9.17, 15) is 4.79 Å². The molecule has 0 aromatic rings. The minimum Gasteiger partial charge on any atom is -0.462 e. The van der Waals surface area contributed by atoms with Gasteiger partial charge in [-0.25, -0.2) is 0 Å². The molecule has 0 radical (unpaired) electrons. The molecule has 0 aliphatic carbocycles. The first-order valence-corrected chi connectivity index (χ1v) is 4.78. The van der Waals surface area contributed by atoms with Crippen LogP contribution in [0.4, 0.5) is 0 Å². The molecule has 70 valence electrons. The maximum Gasteiger partial charge on any atom is 0.309 e. The Morgan fingerprint density at radius 2 is 1.83 bits per heavy atom. The fourth-order valence-electron chi connectivity index (χ4n) is 1.83. The number of rotatable bonds is 1. The maximum atomic E-state index is 11.3. The molecule has 0 bridgehead atoms. The molecule has 0 N–H and O–H groups in total. The summed E-state index contributed by atoms with van der Waals surface area (Å²) in [6.07, 6.45) is 1.08. The quantitative estimate of drug-likeness (QED) is 0.564. The molecule has 0 unspecified atom stereocenters. The van der Waals surface area contributed by atoms with Gasteiger partial charge in [0, 0.05) is 0 Å². The predicted molar refractivity (Wildman–Crippen MR) is 47.7 cm³/mol. The van der Waals surface area contributed by atoms with E-state index >= 15 is 0 Å². The smallest absolute Gasteiger partial charge is 0.309 e. The van der Waals surface area contributed by atoms with Gasteiger partial charge in [0.2, 0.25) is 0 Å². The Labute approximate surface area is 74.3 Å². The van der Waals surface area contributed by atoms with Crippen molar-refractivity contribution in [2.75, 3.05) is 0 Å². The monoisotopic (exact) mass is 170 g/mol. The summed E-state index contributed by atoms with van der Waals surface area (Å²) in [5.74, 6) is 1.01. The van der Waals surface area contributed by atoms with Crippen molar-refractivity contribution in [1.29, 1.82) is 0 Å². The molecule has 1 aliphatic heterocycles. The zero-order valence-corrected chi connectivity index (χ0v) is 8.33. The Bertz CT molecular complexity index is 175. The second-order valence-corrected chi connectivity index (χ2v) is 3.89. The van der Waals surface area contributed by atoms with Crippen molar-refractivity contribution in [2.24, 2.45) is 17.8 Å². The largest absolute Gasteiger partial charge is 0.462 e. The van der Waals surface area contributed by atoms with E-state index in [0.717, 1.165) is 6.42 Å². The summed E-state index contributed by atoms with van der Waals surface area (Å²) >= 11 is 0. The van der Waals surface area contributed by atoms with Gasteiger partial charge in [-0.3, -0.25) is 4.79 Å². The van der Waals surface area contributed by atoms with Crippen molar-refractivity contribution in [1.82, 2.24) is 0 Å². The van der Waals surface area contributed by atoms with Crippen LogP contribution in [-0.4, -0.2) is 12.1 Å². The predicted octanol–water partition coefficient (Wildman–Crippen LogP) is 2.23. The summed E-state index contributed by atoms with van der Waals surface area (Å²) in [7, 11) is 0. The first-order valence-electron chi connectivity index (χ1n) is 4.78. The lowest BCUT2D eigenvalue weighted by Gasteiger charge is -2.36. The lowest BCUT2D eigenvalue weighted by molar-refractivity contribution is -0.169. The fraction of sp³-hybridized carbons (Fsp3) is 0.900. The van der Waals surface area contributed by atoms with Crippen molar-refractivity contribution >= 4 is 5.97 Å². The Kier molecular flexibility index (Phi) is 2.76. The molecule has 12 heavy (non-hydrogen) atoms. The Balaban J connectivity index is 2.70. The van der Waals surface area contributed by atoms with Crippen LogP contribution in [-0.2, 0) is 9.53 Å². The van der Waals surface area contributed by atoms with E-state index in [1.807, 2.05) is 6.92 Å². The summed E-state index contributed by atoms with van der Waals surface area (Å²) in [6.45, 7) is 8.33. The highest BCUT2D eigenvalue weighted by Crippen LogP contribution is 2.32. The molecule has 0 spiro atoms. The first-order chi connectivity index (χ1) is 5.57. The Morgan fingerprint density at radius 3 is 2.33 bits per heavy atom. The summed E-state index contributed by atoms with van der Waals surface area (Å²) in [5.41, 5.74) is 0. The van der Waals surface area contributed by atoms with Crippen molar-refractivity contribution in [3.05, 3.63) is 0 Å². The van der Waals surface area contributed by atoms with Crippen LogP contribution in [0.15, 0.2) is 0 Å². The number of carbonyl (C=O) groups excluding carboxylic acids is 1. The Morgan fingerprint density at radius 1 is 1.25 bits per heavy atom. The van der Waals surface area contributed by atoms with Crippen LogP contribution in [0.5, 0.6) is 0 Å². The van der Waals surface area contributed by atoms with Crippen LogP contribution in [0.25, 0.3) is 0 Å². The lowest BCUT2D eigenvalue weighted by atomic mass is 9.79. The molecule has 0 saturated carbocycles. The molecular formula is C10H18O2. The number of hydrogen-bond acceptors (Lipinski definition) is 2. The highest BCUT2D eigenvalue weighted by Gasteiger charge is 2.37. The third-order valence-electron chi connectivity index (χ3n) is 3.25. The van der Waals surface area contributed by atoms with Gasteiger partial charge in [0.25, 0.3) is 0 Å². The SMILES string of the molecule is CC[C@H]1OC(=O)[C@H](C)[C@@H](C)[C@H]1C. The molecular weight excluding hydrogens is 152 g/mol. The number of cyclic esters (lactones) is 1. The number of esters is 1. The average molecular weight is 170 g/mol. The zero-order valence-electron chi connectivity index (χ0n) is 8.33. The van der Waals surface area contributed by atoms with Crippen molar-refractivity contribution in [3.63, 3.8) is 0 Å². The molecule has 0 amide bonds. The van der Waals surface area contributed by atoms with E-state index < -0.39 is 0 Å². The molecule has 0 aromatic heterocycles. The number of hydrogen-bond donors (Lipinski definition) is 0. The highest BCUT2D eigenvalue weighted by molar-refractivity contribution is 5.73. The maximum absolute atomic E-state index is 11.3. The second kappa shape index (κ2) is 3.46. The van der Waals surface area contributed by atoms with Crippen molar-refractivity contribution in [3.8, 4) is 0 Å². The third-order valence-corrected chi connectivity index (χ3v) is 3.25. The zero-order chi connectivity index (χ0) is 9.30. The van der Waals surface area contributed by atoms with Gasteiger partial charge < -0.3 is 4.74 Å². The Hall–Kier alpha value is -0.530. The van der Waals surface area contributed by atoms with Crippen molar-refractivity contribution < 1.29 is 9.53 Å². The molecule has 0 aromatic carbocycles. The summed E-state index contributed by atoms with van der Waals surface area (Å²) in [6, 6.07) is 0. The molecule has 1 rings (SSSR count). The molecule has 2 heteroatoms. The van der Waals surface area contributed by atoms with Crippen LogP contribution in [0.1, 0.15) is 34.1 Å². The van der Waals surface area contributed by atoms with Crippen LogP contribution in [0.2, 0.25) is 0 Å². The second-order valence-electron chi connectivity index (χ2n) is 3.89. The van der Waals surface area contributed by atoms with Crippen molar-refractivity contribution in [2.45, 2.75) is 40.2 Å². The summed E-state index contributed by atoms with van der Waals surface area (Å²) in [4.78, 5) is 11.3. The van der Waals surface area contributed by atoms with Crippen LogP contribution < -0.4 is 0 Å². The van der Waals surface area contributed by atoms with Crippen LogP contribution >= 0.6 is 0 Å². The average Bonchev–Trinajstić information content (AvgIpc) is 2.08. The normalized spacial score (nSPS) is 42.5. The van der Waals surface area contributed by atoms with E-state index in [-0.39, 0.29) is 18.0 Å². The van der Waals surface area contributed by atoms with Gasteiger partial charge in [0.15, 0.2) is 0 Å². The first kappa shape index (κ1) is 9.56. The van der Waals surface area contributed by atoms with Gasteiger partial charge in [-0.2, -0.15) is 0 Å². The van der Waals surface area contributed by atoms with Gasteiger partial charge in [-0.1, -0.05) is 27.7 Å². The van der Waals surface area contributed by atoms with E-state index in [4.69, 9.17) is 4.74 Å². The van der Waals surface area contributed by atoms with Crippen LogP contribution in [0.3, 0.4) is 0 Å². The van der Waals surface area contributed by atoms with E-state index in [1.165, 1.54) is 0 Å².